The van der Waals surface area contributed by atoms with Crippen LogP contribution in [0.15, 0.2) is 30.3 Å². The van der Waals surface area contributed by atoms with Gasteiger partial charge in [0.15, 0.2) is 8.32 Å². The molecule has 1 aliphatic rings. The number of aliphatic hydroxyl groups excluding tert-OH is 2. The van der Waals surface area contributed by atoms with Gasteiger partial charge in [0.1, 0.15) is 18.3 Å². The van der Waals surface area contributed by atoms with Gasteiger partial charge in [-0.3, -0.25) is 0 Å². The Kier molecular flexibility index (Phi) is 8.94. The lowest BCUT2D eigenvalue weighted by Gasteiger charge is -2.40. The van der Waals surface area contributed by atoms with E-state index in [-0.39, 0.29) is 23.9 Å². The zero-order chi connectivity index (χ0) is 20.9. The Bertz CT molecular complexity index is 592. The van der Waals surface area contributed by atoms with Crippen LogP contribution in [-0.2, 0) is 20.5 Å². The number of halogens is 1. The summed E-state index contributed by atoms with van der Waals surface area (Å²) in [6.45, 7) is 11.1. The maximum absolute atomic E-state index is 10.5. The minimum Gasteiger partial charge on any atom is -0.411 e. The molecule has 1 fully saturated rings. The Morgan fingerprint density at radius 1 is 1.25 bits per heavy atom. The summed E-state index contributed by atoms with van der Waals surface area (Å²) in [6, 6.07) is 9.83. The average molecular weight is 522 g/mol. The van der Waals surface area contributed by atoms with Crippen LogP contribution in [0.1, 0.15) is 32.8 Å². The zero-order valence-corrected chi connectivity index (χ0v) is 20.8. The first kappa shape index (κ1) is 24.2. The highest BCUT2D eigenvalue weighted by Gasteiger charge is 2.48. The molecule has 1 aliphatic heterocycles. The molecule has 2 rings (SSSR count). The summed E-state index contributed by atoms with van der Waals surface area (Å²) in [5, 5.41) is 20.2. The molecule has 0 aliphatic carbocycles. The van der Waals surface area contributed by atoms with Crippen LogP contribution in [0.2, 0.25) is 18.1 Å². The largest absolute Gasteiger partial charge is 0.411 e. The Balaban J connectivity index is 2.19. The molecule has 5 atom stereocenters. The van der Waals surface area contributed by atoms with Crippen molar-refractivity contribution in [3.8, 4) is 0 Å². The first-order chi connectivity index (χ1) is 13.1. The number of benzene rings is 1. The topological polar surface area (TPSA) is 68.2 Å². The third-order valence-electron chi connectivity index (χ3n) is 5.81. The smallest absolute Gasteiger partial charge is 0.192 e. The highest BCUT2D eigenvalue weighted by Crippen LogP contribution is 2.40. The predicted octanol–water partition coefficient (Wildman–Crippen LogP) is 3.91. The van der Waals surface area contributed by atoms with Crippen LogP contribution in [0.4, 0.5) is 0 Å². The lowest BCUT2D eigenvalue weighted by Crippen LogP contribution is -2.51. The summed E-state index contributed by atoms with van der Waals surface area (Å²) in [5.41, 5.74) is 1.02. The van der Waals surface area contributed by atoms with Crippen LogP contribution >= 0.6 is 22.6 Å². The number of rotatable bonds is 9. The molecule has 1 heterocycles. The predicted molar refractivity (Wildman–Crippen MR) is 122 cm³/mol. The van der Waals surface area contributed by atoms with Gasteiger partial charge in [0.05, 0.1) is 25.4 Å². The van der Waals surface area contributed by atoms with Crippen molar-refractivity contribution in [3.63, 3.8) is 0 Å². The Morgan fingerprint density at radius 3 is 2.43 bits per heavy atom. The minimum absolute atomic E-state index is 0.0640. The van der Waals surface area contributed by atoms with E-state index in [1.165, 1.54) is 0 Å². The van der Waals surface area contributed by atoms with Crippen molar-refractivity contribution in [3.05, 3.63) is 35.9 Å². The van der Waals surface area contributed by atoms with Crippen molar-refractivity contribution >= 4 is 30.9 Å². The maximum Gasteiger partial charge on any atom is 0.192 e. The Labute approximate surface area is 184 Å². The summed E-state index contributed by atoms with van der Waals surface area (Å²) in [4.78, 5) is 0. The first-order valence-electron chi connectivity index (χ1n) is 9.92. The van der Waals surface area contributed by atoms with Crippen molar-refractivity contribution in [2.75, 3.05) is 11.0 Å². The molecule has 0 amide bonds. The van der Waals surface area contributed by atoms with Gasteiger partial charge in [-0.2, -0.15) is 0 Å². The molecule has 28 heavy (non-hydrogen) atoms. The molecule has 0 saturated carbocycles. The number of aliphatic hydroxyl groups is 2. The molecular weight excluding hydrogens is 487 g/mol. The van der Waals surface area contributed by atoms with E-state index in [1.807, 2.05) is 30.3 Å². The van der Waals surface area contributed by atoms with E-state index in [0.29, 0.717) is 6.61 Å². The summed E-state index contributed by atoms with van der Waals surface area (Å²) in [7, 11) is -2.01. The van der Waals surface area contributed by atoms with E-state index in [2.05, 4.69) is 56.5 Å². The standard InChI is InChI=1S/C21H35IO5Si/c1-21(2,3)28(4,5)27-18-11-16(12-22)26-20(18)19(17(24)13-23)25-14-15-9-7-6-8-10-15/h6-10,16-20,23-24H,11-14H2,1-5H3/t16-,17+,18-,19-,20-/m1/s1. The second kappa shape index (κ2) is 10.3. The molecule has 5 nitrogen and oxygen atoms in total. The van der Waals surface area contributed by atoms with E-state index in [9.17, 15) is 10.2 Å². The zero-order valence-electron chi connectivity index (χ0n) is 17.6. The van der Waals surface area contributed by atoms with Gasteiger partial charge in [-0.25, -0.2) is 0 Å². The maximum atomic E-state index is 10.5. The molecule has 1 saturated heterocycles. The molecule has 160 valence electrons. The Morgan fingerprint density at radius 2 is 1.89 bits per heavy atom. The number of hydrogen-bond donors (Lipinski definition) is 2. The SMILES string of the molecule is CC(C)(C)[Si](C)(C)O[C@@H]1C[C@H](CI)O[C@H]1[C@H](OCc1ccccc1)[C@@H](O)CO. The first-order valence-corrected chi connectivity index (χ1v) is 14.4. The van der Waals surface area contributed by atoms with Crippen molar-refractivity contribution in [1.29, 1.82) is 0 Å². The highest BCUT2D eigenvalue weighted by atomic mass is 127. The van der Waals surface area contributed by atoms with Gasteiger partial charge < -0.3 is 24.1 Å². The summed E-state index contributed by atoms with van der Waals surface area (Å²) in [6.07, 6.45) is -1.37. The van der Waals surface area contributed by atoms with Crippen molar-refractivity contribution in [2.45, 2.75) is 82.5 Å². The molecule has 1 aromatic rings. The molecule has 0 spiro atoms. The van der Waals surface area contributed by atoms with Crippen LogP contribution < -0.4 is 0 Å². The number of hydrogen-bond acceptors (Lipinski definition) is 5. The van der Waals surface area contributed by atoms with Gasteiger partial charge >= 0.3 is 0 Å². The fourth-order valence-electron chi connectivity index (χ4n) is 3.11. The van der Waals surface area contributed by atoms with Crippen LogP contribution in [0.3, 0.4) is 0 Å². The molecule has 0 radical (unpaired) electrons. The van der Waals surface area contributed by atoms with Crippen LogP contribution in [-0.4, -0.2) is 60.1 Å². The molecular formula is C21H35IO5Si. The quantitative estimate of drug-likeness (QED) is 0.293. The average Bonchev–Trinajstić information content (AvgIpc) is 3.03. The molecule has 0 unspecified atom stereocenters. The van der Waals surface area contributed by atoms with E-state index < -0.39 is 26.6 Å². The van der Waals surface area contributed by atoms with Gasteiger partial charge in [0.25, 0.3) is 0 Å². The van der Waals surface area contributed by atoms with Gasteiger partial charge in [-0.05, 0) is 23.7 Å². The van der Waals surface area contributed by atoms with E-state index in [0.717, 1.165) is 16.4 Å². The van der Waals surface area contributed by atoms with Gasteiger partial charge in [0.2, 0.25) is 0 Å². The van der Waals surface area contributed by atoms with Gasteiger partial charge in [-0.15, -0.1) is 0 Å². The highest BCUT2D eigenvalue weighted by molar-refractivity contribution is 14.1. The minimum atomic E-state index is -2.01. The van der Waals surface area contributed by atoms with Gasteiger partial charge in [0, 0.05) is 10.8 Å². The molecule has 2 N–H and O–H groups in total. The van der Waals surface area contributed by atoms with Crippen molar-refractivity contribution < 1.29 is 24.1 Å². The lowest BCUT2D eigenvalue weighted by molar-refractivity contribution is -0.146. The molecule has 0 aromatic heterocycles. The number of ether oxygens (including phenoxy) is 2. The van der Waals surface area contributed by atoms with Crippen molar-refractivity contribution in [2.24, 2.45) is 0 Å². The summed E-state index contributed by atoms with van der Waals surface area (Å²) in [5.74, 6) is 0. The summed E-state index contributed by atoms with van der Waals surface area (Å²) >= 11 is 2.32. The van der Waals surface area contributed by atoms with E-state index >= 15 is 0 Å². The Hall–Kier alpha value is -0.0331. The second-order valence-electron chi connectivity index (χ2n) is 9.04. The van der Waals surface area contributed by atoms with Gasteiger partial charge in [-0.1, -0.05) is 73.7 Å². The molecule has 0 bridgehead atoms. The second-order valence-corrected chi connectivity index (χ2v) is 14.7. The third kappa shape index (κ3) is 6.23. The molecule has 7 heteroatoms. The normalized spacial score (nSPS) is 25.6. The van der Waals surface area contributed by atoms with Crippen LogP contribution in [0.25, 0.3) is 0 Å². The monoisotopic (exact) mass is 522 g/mol. The molecule has 1 aromatic carbocycles. The van der Waals surface area contributed by atoms with E-state index in [4.69, 9.17) is 13.9 Å². The summed E-state index contributed by atoms with van der Waals surface area (Å²) < 4.78 is 19.9. The fraction of sp³-hybridized carbons (Fsp3) is 0.714. The van der Waals surface area contributed by atoms with Crippen LogP contribution in [0, 0.1) is 0 Å². The van der Waals surface area contributed by atoms with Crippen LogP contribution in [0.5, 0.6) is 0 Å². The van der Waals surface area contributed by atoms with E-state index in [1.54, 1.807) is 0 Å². The third-order valence-corrected chi connectivity index (χ3v) is 11.3. The number of alkyl halides is 1. The lowest BCUT2D eigenvalue weighted by atomic mass is 10.0. The fourth-order valence-corrected chi connectivity index (χ4v) is 5.02. The van der Waals surface area contributed by atoms with Crippen molar-refractivity contribution in [1.82, 2.24) is 0 Å².